The summed E-state index contributed by atoms with van der Waals surface area (Å²) in [4.78, 5) is 23.9. The monoisotopic (exact) mass is 431 g/mol. The molecule has 0 bridgehead atoms. The van der Waals surface area contributed by atoms with E-state index in [9.17, 15) is 14.7 Å². The fourth-order valence-electron chi connectivity index (χ4n) is 2.95. The number of rotatable bonds is 8. The molecule has 1 amide bonds. The molecule has 9 heteroatoms. The topological polar surface area (TPSA) is 112 Å². The average Bonchev–Trinajstić information content (AvgIpc) is 3.04. The maximum Gasteiger partial charge on any atom is 0.411 e. The van der Waals surface area contributed by atoms with Crippen molar-refractivity contribution in [2.75, 3.05) is 14.2 Å². The Morgan fingerprint density at radius 3 is 2.48 bits per heavy atom. The highest BCUT2D eigenvalue weighted by molar-refractivity contribution is 5.91. The summed E-state index contributed by atoms with van der Waals surface area (Å²) >= 11 is 0. The summed E-state index contributed by atoms with van der Waals surface area (Å²) in [5.74, 6) is 0.0649. The standard InChI is InChI=1S/C22H29N3O6/c1-7-17-16(10-11-23-21(28)31-22(2,3)4)19(20(26)27)25(24-17)13-14-8-9-15(29-5)12-18(14)30-6/h8-12H,7,13H2,1-6H3,(H,23,28)(H,26,27)/b11-10+. The van der Waals surface area contributed by atoms with Gasteiger partial charge in [0.1, 0.15) is 17.1 Å². The Balaban J connectivity index is 2.37. The molecule has 0 atom stereocenters. The normalized spacial score (nSPS) is 11.4. The quantitative estimate of drug-likeness (QED) is 0.655. The Hall–Kier alpha value is -3.49. The lowest BCUT2D eigenvalue weighted by atomic mass is 10.1. The summed E-state index contributed by atoms with van der Waals surface area (Å²) in [5.41, 5.74) is 1.13. The Morgan fingerprint density at radius 1 is 1.23 bits per heavy atom. The molecule has 1 aromatic heterocycles. The molecule has 1 heterocycles. The molecule has 2 rings (SSSR count). The van der Waals surface area contributed by atoms with Crippen molar-refractivity contribution in [2.45, 2.75) is 46.3 Å². The number of hydrogen-bond donors (Lipinski definition) is 2. The summed E-state index contributed by atoms with van der Waals surface area (Å²) in [6.07, 6.45) is 2.75. The van der Waals surface area contributed by atoms with Crippen molar-refractivity contribution in [1.29, 1.82) is 0 Å². The second-order valence-electron chi connectivity index (χ2n) is 7.68. The summed E-state index contributed by atoms with van der Waals surface area (Å²) in [6, 6.07) is 5.30. The van der Waals surface area contributed by atoms with Gasteiger partial charge in [0.15, 0.2) is 5.69 Å². The van der Waals surface area contributed by atoms with Crippen LogP contribution in [-0.4, -0.2) is 46.8 Å². The molecule has 0 aliphatic rings. The number of amides is 1. The molecule has 0 aliphatic heterocycles. The molecule has 2 N–H and O–H groups in total. The van der Waals surface area contributed by atoms with Crippen LogP contribution in [-0.2, 0) is 17.7 Å². The molecular weight excluding hydrogens is 402 g/mol. The van der Waals surface area contributed by atoms with Gasteiger partial charge < -0.3 is 19.3 Å². The van der Waals surface area contributed by atoms with Crippen molar-refractivity contribution in [1.82, 2.24) is 15.1 Å². The van der Waals surface area contributed by atoms with Gasteiger partial charge in [-0.2, -0.15) is 5.10 Å². The molecular formula is C22H29N3O6. The number of methoxy groups -OCH3 is 2. The fraction of sp³-hybridized carbons (Fsp3) is 0.409. The van der Waals surface area contributed by atoms with E-state index in [1.54, 1.807) is 46.1 Å². The third-order valence-electron chi connectivity index (χ3n) is 4.27. The van der Waals surface area contributed by atoms with Crippen LogP contribution in [0, 0.1) is 0 Å². The summed E-state index contributed by atoms with van der Waals surface area (Å²) in [6.45, 7) is 7.34. The molecule has 0 spiro atoms. The van der Waals surface area contributed by atoms with Crippen LogP contribution < -0.4 is 14.8 Å². The van der Waals surface area contributed by atoms with E-state index in [1.165, 1.54) is 24.1 Å². The zero-order valence-electron chi connectivity index (χ0n) is 18.7. The minimum atomic E-state index is -1.13. The van der Waals surface area contributed by atoms with Gasteiger partial charge in [-0.1, -0.05) is 6.92 Å². The number of nitrogens with zero attached hydrogens (tertiary/aromatic N) is 2. The number of carbonyl (C=O) groups excluding carboxylic acids is 1. The van der Waals surface area contributed by atoms with Crippen LogP contribution in [0.4, 0.5) is 4.79 Å². The summed E-state index contributed by atoms with van der Waals surface area (Å²) in [5, 5.41) is 16.8. The van der Waals surface area contributed by atoms with Crippen LogP contribution in [0.15, 0.2) is 24.4 Å². The van der Waals surface area contributed by atoms with Crippen molar-refractivity contribution in [2.24, 2.45) is 0 Å². The number of ether oxygens (including phenoxy) is 3. The van der Waals surface area contributed by atoms with Crippen LogP contribution >= 0.6 is 0 Å². The van der Waals surface area contributed by atoms with Crippen molar-refractivity contribution in [3.63, 3.8) is 0 Å². The summed E-state index contributed by atoms with van der Waals surface area (Å²) in [7, 11) is 3.09. The molecule has 0 radical (unpaired) electrons. The second-order valence-corrected chi connectivity index (χ2v) is 7.68. The first-order valence-corrected chi connectivity index (χ1v) is 9.79. The number of hydrogen-bond acceptors (Lipinski definition) is 6. The van der Waals surface area contributed by atoms with Gasteiger partial charge in [-0.25, -0.2) is 9.59 Å². The first kappa shape index (κ1) is 23.8. The van der Waals surface area contributed by atoms with Gasteiger partial charge >= 0.3 is 12.1 Å². The van der Waals surface area contributed by atoms with Gasteiger partial charge in [0.2, 0.25) is 0 Å². The summed E-state index contributed by atoms with van der Waals surface area (Å²) < 4.78 is 17.2. The minimum Gasteiger partial charge on any atom is -0.497 e. The van der Waals surface area contributed by atoms with Crippen molar-refractivity contribution < 1.29 is 28.9 Å². The van der Waals surface area contributed by atoms with Crippen LogP contribution in [0.5, 0.6) is 11.5 Å². The fourth-order valence-corrected chi connectivity index (χ4v) is 2.95. The van der Waals surface area contributed by atoms with E-state index >= 15 is 0 Å². The highest BCUT2D eigenvalue weighted by atomic mass is 16.6. The van der Waals surface area contributed by atoms with Crippen LogP contribution in [0.3, 0.4) is 0 Å². The van der Waals surface area contributed by atoms with Crippen LogP contribution in [0.1, 0.15) is 55.0 Å². The van der Waals surface area contributed by atoms with E-state index in [0.29, 0.717) is 29.2 Å². The highest BCUT2D eigenvalue weighted by Gasteiger charge is 2.22. The number of aromatic nitrogens is 2. The minimum absolute atomic E-state index is 0.0111. The molecule has 0 saturated heterocycles. The van der Waals surface area contributed by atoms with Gasteiger partial charge in [0.05, 0.1) is 26.5 Å². The number of carboxylic acid groups (broad SMARTS) is 1. The number of aromatic carboxylic acids is 1. The van der Waals surface area contributed by atoms with Gasteiger partial charge in [0, 0.05) is 23.4 Å². The maximum atomic E-state index is 12.0. The largest absolute Gasteiger partial charge is 0.497 e. The van der Waals surface area contributed by atoms with Crippen LogP contribution in [0.2, 0.25) is 0 Å². The van der Waals surface area contributed by atoms with E-state index in [0.717, 1.165) is 5.56 Å². The molecule has 0 aliphatic carbocycles. The molecule has 0 saturated carbocycles. The van der Waals surface area contributed by atoms with Gasteiger partial charge in [-0.3, -0.25) is 10.00 Å². The number of carboxylic acids is 1. The van der Waals surface area contributed by atoms with Gasteiger partial charge in [0.25, 0.3) is 0 Å². The number of alkyl carbamates (subject to hydrolysis) is 1. The first-order valence-electron chi connectivity index (χ1n) is 9.79. The average molecular weight is 431 g/mol. The molecule has 31 heavy (non-hydrogen) atoms. The lowest BCUT2D eigenvalue weighted by Gasteiger charge is -2.18. The smallest absolute Gasteiger partial charge is 0.411 e. The van der Waals surface area contributed by atoms with Crippen molar-refractivity contribution in [3.05, 3.63) is 46.9 Å². The highest BCUT2D eigenvalue weighted by Crippen LogP contribution is 2.27. The van der Waals surface area contributed by atoms with E-state index in [2.05, 4.69) is 10.4 Å². The van der Waals surface area contributed by atoms with Crippen molar-refractivity contribution in [3.8, 4) is 11.5 Å². The number of aryl methyl sites for hydroxylation is 1. The zero-order valence-corrected chi connectivity index (χ0v) is 18.7. The van der Waals surface area contributed by atoms with Gasteiger partial charge in [-0.15, -0.1) is 0 Å². The lowest BCUT2D eigenvalue weighted by Crippen LogP contribution is -2.29. The number of carbonyl (C=O) groups is 2. The van der Waals surface area contributed by atoms with Gasteiger partial charge in [-0.05, 0) is 45.4 Å². The maximum absolute atomic E-state index is 12.0. The molecule has 168 valence electrons. The third-order valence-corrected chi connectivity index (χ3v) is 4.27. The van der Waals surface area contributed by atoms with E-state index in [4.69, 9.17) is 14.2 Å². The van der Waals surface area contributed by atoms with E-state index in [1.807, 2.05) is 6.92 Å². The zero-order chi connectivity index (χ0) is 23.2. The van der Waals surface area contributed by atoms with Crippen LogP contribution in [0.25, 0.3) is 6.08 Å². The number of benzene rings is 1. The Bertz CT molecular complexity index is 972. The Labute approximate surface area is 181 Å². The van der Waals surface area contributed by atoms with E-state index < -0.39 is 17.7 Å². The third kappa shape index (κ3) is 6.24. The Morgan fingerprint density at radius 2 is 1.94 bits per heavy atom. The predicted octanol–water partition coefficient (Wildman–Crippen LogP) is 3.70. The molecule has 2 aromatic rings. The second kappa shape index (κ2) is 10.0. The first-order chi connectivity index (χ1) is 14.6. The molecule has 0 unspecified atom stereocenters. The van der Waals surface area contributed by atoms with E-state index in [-0.39, 0.29) is 12.2 Å². The lowest BCUT2D eigenvalue weighted by molar-refractivity contribution is 0.0552. The molecule has 9 nitrogen and oxygen atoms in total. The SMILES string of the molecule is CCc1nn(Cc2ccc(OC)cc2OC)c(C(=O)O)c1/C=C/NC(=O)OC(C)(C)C. The molecule has 0 fully saturated rings. The van der Waals surface area contributed by atoms with Crippen molar-refractivity contribution >= 4 is 18.1 Å². The number of nitrogens with one attached hydrogen (secondary N) is 1. The predicted molar refractivity (Wildman–Crippen MR) is 116 cm³/mol. The Kier molecular flexibility index (Phi) is 7.68. The molecule has 1 aromatic carbocycles.